The summed E-state index contributed by atoms with van der Waals surface area (Å²) >= 11 is 0. The minimum atomic E-state index is -3.38. The van der Waals surface area contributed by atoms with E-state index in [-0.39, 0.29) is 12.1 Å². The average Bonchev–Trinajstić information content (AvgIpc) is 2.81. The zero-order chi connectivity index (χ0) is 17.3. The van der Waals surface area contributed by atoms with Crippen LogP contribution in [0.2, 0.25) is 0 Å². The zero-order valence-electron chi connectivity index (χ0n) is 14.5. The summed E-state index contributed by atoms with van der Waals surface area (Å²) in [6.45, 7) is 11.2. The zero-order valence-corrected chi connectivity index (χ0v) is 15.3. The van der Waals surface area contributed by atoms with Gasteiger partial charge in [0.2, 0.25) is 15.3 Å². The number of nitrogens with zero attached hydrogens (tertiary/aromatic N) is 4. The van der Waals surface area contributed by atoms with Crippen LogP contribution in [0.25, 0.3) is 0 Å². The van der Waals surface area contributed by atoms with E-state index < -0.39 is 20.9 Å². The second kappa shape index (κ2) is 6.19. The Bertz CT molecular complexity index is 519. The van der Waals surface area contributed by atoms with Gasteiger partial charge in [-0.25, -0.2) is 8.42 Å². The molecule has 0 radical (unpaired) electrons. The Morgan fingerprint density at radius 1 is 1.27 bits per heavy atom. The van der Waals surface area contributed by atoms with Crippen LogP contribution in [0.1, 0.15) is 48.0 Å². The van der Waals surface area contributed by atoms with Crippen LogP contribution in [-0.2, 0) is 14.9 Å². The van der Waals surface area contributed by atoms with Crippen LogP contribution in [0.4, 0.5) is 0 Å². The van der Waals surface area contributed by atoms with Crippen LogP contribution >= 0.6 is 0 Å². The molecule has 0 amide bonds. The van der Waals surface area contributed by atoms with Gasteiger partial charge in [-0.1, -0.05) is 0 Å². The summed E-state index contributed by atoms with van der Waals surface area (Å²) < 4.78 is 25.2. The summed E-state index contributed by atoms with van der Waals surface area (Å²) in [5, 5.41) is 16.7. The van der Waals surface area contributed by atoms with Crippen molar-refractivity contribution in [3.63, 3.8) is 0 Å². The SMILES string of the molecule is CN(/[N+]([O-])=N/O[C@@H]1CCN(S(=O)(=O)C(C)(C)C)C1)C(C)(C)C. The van der Waals surface area contributed by atoms with Crippen molar-refractivity contribution < 1.29 is 18.2 Å². The molecule has 8 nitrogen and oxygen atoms in total. The molecule has 0 spiro atoms. The van der Waals surface area contributed by atoms with Crippen molar-refractivity contribution >= 4 is 10.0 Å². The van der Waals surface area contributed by atoms with Crippen LogP contribution in [-0.4, -0.2) is 59.2 Å². The third kappa shape index (κ3) is 4.22. The summed E-state index contributed by atoms with van der Waals surface area (Å²) in [6, 6.07) is 0. The molecule has 0 aliphatic carbocycles. The Labute approximate surface area is 133 Å². The molecule has 1 heterocycles. The second-order valence-electron chi connectivity index (χ2n) is 7.52. The molecule has 0 saturated carbocycles. The van der Waals surface area contributed by atoms with Gasteiger partial charge in [0, 0.05) is 13.0 Å². The maximum absolute atomic E-state index is 12.3. The maximum Gasteiger partial charge on any atom is 0.233 e. The van der Waals surface area contributed by atoms with Crippen LogP contribution in [0.15, 0.2) is 5.28 Å². The summed E-state index contributed by atoms with van der Waals surface area (Å²) in [5.74, 6) is 0. The highest BCUT2D eigenvalue weighted by Crippen LogP contribution is 2.25. The van der Waals surface area contributed by atoms with Crippen LogP contribution in [0.5, 0.6) is 0 Å². The highest BCUT2D eigenvalue weighted by atomic mass is 32.2. The van der Waals surface area contributed by atoms with Gasteiger partial charge in [-0.05, 0) is 41.5 Å². The van der Waals surface area contributed by atoms with E-state index in [1.54, 1.807) is 27.8 Å². The van der Waals surface area contributed by atoms with Crippen LogP contribution in [0, 0.1) is 5.21 Å². The van der Waals surface area contributed by atoms with Gasteiger partial charge >= 0.3 is 0 Å². The first kappa shape index (κ1) is 19.0. The second-order valence-corrected chi connectivity index (χ2v) is 10.2. The van der Waals surface area contributed by atoms with E-state index in [2.05, 4.69) is 5.28 Å². The summed E-state index contributed by atoms with van der Waals surface area (Å²) in [7, 11) is -1.76. The van der Waals surface area contributed by atoms with Gasteiger partial charge in [0.05, 0.1) is 28.8 Å². The van der Waals surface area contributed by atoms with E-state index in [0.29, 0.717) is 17.9 Å². The number of rotatable bonds is 4. The van der Waals surface area contributed by atoms with Gasteiger partial charge in [-0.15, -0.1) is 5.01 Å². The van der Waals surface area contributed by atoms with E-state index in [9.17, 15) is 13.6 Å². The molecule has 0 N–H and O–H groups in total. The Balaban J connectivity index is 2.66. The predicted octanol–water partition coefficient (Wildman–Crippen LogP) is 1.73. The Hall–Kier alpha value is -1.09. The molecule has 130 valence electrons. The van der Waals surface area contributed by atoms with Crippen molar-refractivity contribution in [1.29, 1.82) is 0 Å². The number of hydrogen-bond donors (Lipinski definition) is 0. The highest BCUT2D eigenvalue weighted by molar-refractivity contribution is 7.90. The predicted molar refractivity (Wildman–Crippen MR) is 83.3 cm³/mol. The Morgan fingerprint density at radius 3 is 2.27 bits per heavy atom. The largest absolute Gasteiger partial charge is 0.569 e. The first-order valence-electron chi connectivity index (χ1n) is 7.34. The van der Waals surface area contributed by atoms with Gasteiger partial charge in [0.1, 0.15) is 6.10 Å². The summed E-state index contributed by atoms with van der Waals surface area (Å²) in [5.41, 5.74) is -0.383. The molecular weight excluding hydrogens is 308 g/mol. The molecular formula is C13H28N4O4S. The minimum absolute atomic E-state index is 0.218. The minimum Gasteiger partial charge on any atom is -0.569 e. The van der Waals surface area contributed by atoms with Gasteiger partial charge in [-0.2, -0.15) is 4.31 Å². The normalized spacial score (nSPS) is 22.0. The third-order valence-corrected chi connectivity index (χ3v) is 6.27. The lowest BCUT2D eigenvalue weighted by molar-refractivity contribution is -0.720. The number of sulfonamides is 1. The highest BCUT2D eigenvalue weighted by Gasteiger charge is 2.40. The summed E-state index contributed by atoms with van der Waals surface area (Å²) in [6.07, 6.45) is 0.119. The molecule has 1 saturated heterocycles. The average molecular weight is 336 g/mol. The molecule has 1 atom stereocenters. The molecule has 0 aromatic rings. The van der Waals surface area contributed by atoms with Crippen LogP contribution in [0.3, 0.4) is 0 Å². The fraction of sp³-hybridized carbons (Fsp3) is 1.00. The van der Waals surface area contributed by atoms with Gasteiger partial charge in [-0.3, -0.25) is 0 Å². The standard InChI is InChI=1S/C13H28N4O4S/c1-12(2,3)15(7)17(18)14-21-11-8-9-16(10-11)22(19,20)13(4,5)6/h11H,8-10H2,1-7H3/b17-14-/t11-/m1/s1. The van der Waals surface area contributed by atoms with Crippen molar-refractivity contribution in [3.05, 3.63) is 5.21 Å². The molecule has 1 aliphatic rings. The first-order chi connectivity index (χ1) is 9.76. The molecule has 0 aromatic carbocycles. The van der Waals surface area contributed by atoms with E-state index in [0.717, 1.165) is 0 Å². The number of hydrogen-bond acceptors (Lipinski definition) is 5. The molecule has 1 aliphatic heterocycles. The summed E-state index contributed by atoms with van der Waals surface area (Å²) in [4.78, 5) is 5.60. The first-order valence-corrected chi connectivity index (χ1v) is 8.78. The lowest BCUT2D eigenvalue weighted by Gasteiger charge is -2.27. The van der Waals surface area contributed by atoms with Crippen LogP contribution < -0.4 is 0 Å². The molecule has 1 rings (SSSR count). The van der Waals surface area contributed by atoms with E-state index in [1.165, 1.54) is 9.31 Å². The van der Waals surface area contributed by atoms with E-state index in [4.69, 9.17) is 4.84 Å². The van der Waals surface area contributed by atoms with E-state index in [1.807, 2.05) is 20.8 Å². The maximum atomic E-state index is 12.3. The quantitative estimate of drug-likeness (QED) is 0.443. The lowest BCUT2D eigenvalue weighted by Crippen LogP contribution is -2.43. The molecule has 22 heavy (non-hydrogen) atoms. The molecule has 9 heteroatoms. The van der Waals surface area contributed by atoms with Crippen molar-refractivity contribution in [1.82, 2.24) is 9.31 Å². The van der Waals surface area contributed by atoms with Crippen molar-refractivity contribution in [3.8, 4) is 0 Å². The van der Waals surface area contributed by atoms with Crippen molar-refractivity contribution in [2.75, 3.05) is 20.1 Å². The Kier molecular flexibility index (Phi) is 5.34. The fourth-order valence-electron chi connectivity index (χ4n) is 1.81. The topological polar surface area (TPSA) is 88.3 Å². The van der Waals surface area contributed by atoms with E-state index >= 15 is 0 Å². The fourth-order valence-corrected chi connectivity index (χ4v) is 3.29. The van der Waals surface area contributed by atoms with Crippen molar-refractivity contribution in [2.24, 2.45) is 5.28 Å². The van der Waals surface area contributed by atoms with Gasteiger partial charge in [0.25, 0.3) is 0 Å². The van der Waals surface area contributed by atoms with Gasteiger partial charge < -0.3 is 10.0 Å². The Morgan fingerprint density at radius 2 is 1.82 bits per heavy atom. The number of hydrazine groups is 1. The third-order valence-electron chi connectivity index (χ3n) is 3.72. The molecule has 0 bridgehead atoms. The molecule has 1 fully saturated rings. The lowest BCUT2D eigenvalue weighted by atomic mass is 10.1. The smallest absolute Gasteiger partial charge is 0.233 e. The van der Waals surface area contributed by atoms with Crippen molar-refractivity contribution in [2.45, 2.75) is 64.4 Å². The monoisotopic (exact) mass is 336 g/mol. The van der Waals surface area contributed by atoms with Gasteiger partial charge in [0.15, 0.2) is 0 Å². The molecule has 0 unspecified atom stereocenters. The molecule has 0 aromatic heterocycles.